The Morgan fingerprint density at radius 3 is 2.06 bits per heavy atom. The Balaban J connectivity index is 1.54. The SMILES string of the molecule is CC1CN(C(c2ccc(Cl)cc2)c2ccc(CCl)cc2)CC(C)N1C(=O)CC1CCNCC1. The Morgan fingerprint density at radius 2 is 1.52 bits per heavy atom. The van der Waals surface area contributed by atoms with Gasteiger partial charge in [0, 0.05) is 42.5 Å². The van der Waals surface area contributed by atoms with Gasteiger partial charge in [-0.05, 0) is 74.5 Å². The van der Waals surface area contributed by atoms with E-state index in [-0.39, 0.29) is 18.1 Å². The minimum Gasteiger partial charge on any atom is -0.335 e. The van der Waals surface area contributed by atoms with E-state index in [2.05, 4.69) is 65.4 Å². The van der Waals surface area contributed by atoms with Gasteiger partial charge in [0.15, 0.2) is 0 Å². The van der Waals surface area contributed by atoms with Crippen molar-refractivity contribution in [1.82, 2.24) is 15.1 Å². The normalized spacial score (nSPS) is 23.5. The summed E-state index contributed by atoms with van der Waals surface area (Å²) in [6.07, 6.45) is 2.88. The van der Waals surface area contributed by atoms with Gasteiger partial charge in [0.1, 0.15) is 0 Å². The number of piperazine rings is 1. The molecule has 3 atom stereocenters. The van der Waals surface area contributed by atoms with Gasteiger partial charge in [-0.2, -0.15) is 0 Å². The number of piperidine rings is 1. The second kappa shape index (κ2) is 11.2. The second-order valence-electron chi connectivity index (χ2n) is 9.68. The molecule has 0 bridgehead atoms. The molecule has 6 heteroatoms. The smallest absolute Gasteiger partial charge is 0.223 e. The van der Waals surface area contributed by atoms with E-state index in [9.17, 15) is 4.79 Å². The summed E-state index contributed by atoms with van der Waals surface area (Å²) in [6, 6.07) is 17.2. The molecule has 0 aromatic heterocycles. The molecule has 2 fully saturated rings. The fraction of sp³-hybridized carbons (Fsp3) is 0.519. The van der Waals surface area contributed by atoms with Crippen LogP contribution >= 0.6 is 23.2 Å². The van der Waals surface area contributed by atoms with Crippen LogP contribution < -0.4 is 5.32 Å². The van der Waals surface area contributed by atoms with Crippen molar-refractivity contribution in [3.8, 4) is 0 Å². The van der Waals surface area contributed by atoms with Gasteiger partial charge in [-0.3, -0.25) is 9.69 Å². The van der Waals surface area contributed by atoms with E-state index >= 15 is 0 Å². The maximum Gasteiger partial charge on any atom is 0.223 e. The van der Waals surface area contributed by atoms with Gasteiger partial charge in [0.25, 0.3) is 0 Å². The molecule has 1 amide bonds. The molecule has 2 heterocycles. The van der Waals surface area contributed by atoms with Crippen molar-refractivity contribution >= 4 is 29.1 Å². The number of carbonyl (C=O) groups is 1. The zero-order chi connectivity index (χ0) is 23.4. The molecular formula is C27H35Cl2N3O. The zero-order valence-corrected chi connectivity index (χ0v) is 21.2. The molecular weight excluding hydrogens is 453 g/mol. The topological polar surface area (TPSA) is 35.6 Å². The summed E-state index contributed by atoms with van der Waals surface area (Å²) >= 11 is 12.2. The van der Waals surface area contributed by atoms with Crippen LogP contribution in [0.25, 0.3) is 0 Å². The number of nitrogens with zero attached hydrogens (tertiary/aromatic N) is 2. The Hall–Kier alpha value is -1.59. The molecule has 0 spiro atoms. The lowest BCUT2D eigenvalue weighted by molar-refractivity contribution is -0.140. The van der Waals surface area contributed by atoms with Crippen molar-refractivity contribution in [2.75, 3.05) is 26.2 Å². The largest absolute Gasteiger partial charge is 0.335 e. The summed E-state index contributed by atoms with van der Waals surface area (Å²) in [5, 5.41) is 4.14. The molecule has 0 aliphatic carbocycles. The number of hydrogen-bond donors (Lipinski definition) is 1. The molecule has 4 nitrogen and oxygen atoms in total. The van der Waals surface area contributed by atoms with Crippen molar-refractivity contribution in [3.05, 3.63) is 70.2 Å². The van der Waals surface area contributed by atoms with Crippen LogP contribution in [-0.2, 0) is 10.7 Å². The van der Waals surface area contributed by atoms with Crippen LogP contribution in [0.4, 0.5) is 0 Å². The first-order valence-corrected chi connectivity index (χ1v) is 13.0. The van der Waals surface area contributed by atoms with Gasteiger partial charge >= 0.3 is 0 Å². The Morgan fingerprint density at radius 1 is 0.970 bits per heavy atom. The quantitative estimate of drug-likeness (QED) is 0.547. The van der Waals surface area contributed by atoms with E-state index in [0.29, 0.717) is 24.1 Å². The molecule has 33 heavy (non-hydrogen) atoms. The molecule has 1 N–H and O–H groups in total. The number of carbonyl (C=O) groups excluding carboxylic acids is 1. The zero-order valence-electron chi connectivity index (χ0n) is 19.6. The van der Waals surface area contributed by atoms with Gasteiger partial charge < -0.3 is 10.2 Å². The highest BCUT2D eigenvalue weighted by Gasteiger charge is 2.37. The number of rotatable bonds is 6. The molecule has 2 aliphatic heterocycles. The highest BCUT2D eigenvalue weighted by Crippen LogP contribution is 2.33. The summed E-state index contributed by atoms with van der Waals surface area (Å²) in [5.41, 5.74) is 3.57. The van der Waals surface area contributed by atoms with E-state index in [0.717, 1.165) is 49.6 Å². The molecule has 2 aromatic rings. The van der Waals surface area contributed by atoms with Crippen LogP contribution in [0.5, 0.6) is 0 Å². The van der Waals surface area contributed by atoms with E-state index in [4.69, 9.17) is 23.2 Å². The van der Waals surface area contributed by atoms with Gasteiger partial charge in [0.05, 0.1) is 6.04 Å². The van der Waals surface area contributed by atoms with Crippen LogP contribution in [0.2, 0.25) is 5.02 Å². The predicted molar refractivity (Wildman–Crippen MR) is 137 cm³/mol. The number of halogens is 2. The molecule has 0 radical (unpaired) electrons. The average molecular weight is 489 g/mol. The van der Waals surface area contributed by atoms with E-state index < -0.39 is 0 Å². The molecule has 2 saturated heterocycles. The first kappa shape index (κ1) is 24.5. The summed E-state index contributed by atoms with van der Waals surface area (Å²) in [7, 11) is 0. The third-order valence-corrected chi connectivity index (χ3v) is 7.72. The first-order valence-electron chi connectivity index (χ1n) is 12.1. The molecule has 3 unspecified atom stereocenters. The van der Waals surface area contributed by atoms with Crippen molar-refractivity contribution < 1.29 is 4.79 Å². The number of benzene rings is 2. The maximum atomic E-state index is 13.3. The third kappa shape index (κ3) is 5.92. The molecule has 4 rings (SSSR count). The fourth-order valence-electron chi connectivity index (χ4n) is 5.55. The van der Waals surface area contributed by atoms with Crippen LogP contribution in [0, 0.1) is 5.92 Å². The van der Waals surface area contributed by atoms with Gasteiger partial charge in [-0.25, -0.2) is 0 Å². The molecule has 2 aliphatic rings. The van der Waals surface area contributed by atoms with E-state index in [1.54, 1.807) is 0 Å². The minimum atomic E-state index is 0.109. The monoisotopic (exact) mass is 487 g/mol. The van der Waals surface area contributed by atoms with Crippen molar-refractivity contribution in [1.29, 1.82) is 0 Å². The number of alkyl halides is 1. The Kier molecular flexibility index (Phi) is 8.34. The first-order chi connectivity index (χ1) is 16.0. The summed E-state index contributed by atoms with van der Waals surface area (Å²) in [4.78, 5) is 17.9. The predicted octanol–water partition coefficient (Wildman–Crippen LogP) is 5.48. The minimum absolute atomic E-state index is 0.109. The van der Waals surface area contributed by atoms with Crippen molar-refractivity contribution in [3.63, 3.8) is 0 Å². The highest BCUT2D eigenvalue weighted by molar-refractivity contribution is 6.30. The van der Waals surface area contributed by atoms with Gasteiger partial charge in [-0.1, -0.05) is 48.0 Å². The lowest BCUT2D eigenvalue weighted by Gasteiger charge is -2.47. The summed E-state index contributed by atoms with van der Waals surface area (Å²) < 4.78 is 0. The third-order valence-electron chi connectivity index (χ3n) is 7.16. The van der Waals surface area contributed by atoms with E-state index in [1.807, 2.05) is 12.1 Å². The molecule has 178 valence electrons. The highest BCUT2D eigenvalue weighted by atomic mass is 35.5. The maximum absolute atomic E-state index is 13.3. The van der Waals surface area contributed by atoms with E-state index in [1.165, 1.54) is 11.1 Å². The molecule has 0 saturated carbocycles. The fourth-order valence-corrected chi connectivity index (χ4v) is 5.86. The lowest BCUT2D eigenvalue weighted by Crippen LogP contribution is -2.59. The number of amides is 1. The summed E-state index contributed by atoms with van der Waals surface area (Å²) in [5.74, 6) is 1.34. The number of hydrogen-bond acceptors (Lipinski definition) is 3. The van der Waals surface area contributed by atoms with Crippen LogP contribution in [0.3, 0.4) is 0 Å². The molecule has 2 aromatic carbocycles. The average Bonchev–Trinajstić information content (AvgIpc) is 2.81. The Labute approximate surface area is 208 Å². The van der Waals surface area contributed by atoms with Crippen LogP contribution in [-0.4, -0.2) is 54.0 Å². The van der Waals surface area contributed by atoms with Crippen LogP contribution in [0.15, 0.2) is 48.5 Å². The second-order valence-corrected chi connectivity index (χ2v) is 10.4. The lowest BCUT2D eigenvalue weighted by atomic mass is 9.92. The Bertz CT molecular complexity index is 900. The summed E-state index contributed by atoms with van der Waals surface area (Å²) in [6.45, 7) is 8.13. The van der Waals surface area contributed by atoms with Crippen molar-refractivity contribution in [2.45, 2.75) is 57.1 Å². The standard InChI is InChI=1S/C27H35Cl2N3O/c1-19-17-31(18-20(2)32(19)26(33)15-21-11-13-30-14-12-21)27(24-7-9-25(29)10-8-24)23-5-3-22(16-28)4-6-23/h3-10,19-21,27,30H,11-18H2,1-2H3. The van der Waals surface area contributed by atoms with Gasteiger partial charge in [0.2, 0.25) is 5.91 Å². The van der Waals surface area contributed by atoms with Gasteiger partial charge in [-0.15, -0.1) is 11.6 Å². The van der Waals surface area contributed by atoms with Crippen LogP contribution in [0.1, 0.15) is 55.8 Å². The van der Waals surface area contributed by atoms with Crippen molar-refractivity contribution in [2.24, 2.45) is 5.92 Å². The number of nitrogens with one attached hydrogen (secondary N) is 1.